The van der Waals surface area contributed by atoms with E-state index in [0.29, 0.717) is 27.9 Å². The molecule has 2 amide bonds. The highest BCUT2D eigenvalue weighted by Crippen LogP contribution is 2.32. The van der Waals surface area contributed by atoms with Crippen LogP contribution in [-0.4, -0.2) is 11.8 Å². The van der Waals surface area contributed by atoms with Gasteiger partial charge >= 0.3 is 0 Å². The predicted octanol–water partition coefficient (Wildman–Crippen LogP) is 6.38. The van der Waals surface area contributed by atoms with Crippen molar-refractivity contribution >= 4 is 61.1 Å². The van der Waals surface area contributed by atoms with Crippen molar-refractivity contribution in [1.82, 2.24) is 0 Å². The maximum Gasteiger partial charge on any atom is 0.293 e. The van der Waals surface area contributed by atoms with E-state index in [-0.39, 0.29) is 18.1 Å². The fraction of sp³-hybridized carbons (Fsp3) is 0.0400. The zero-order valence-corrected chi connectivity index (χ0v) is 18.3. The minimum absolute atomic E-state index is 0.0446. The van der Waals surface area contributed by atoms with Crippen molar-refractivity contribution in [3.63, 3.8) is 0 Å². The van der Waals surface area contributed by atoms with Gasteiger partial charge in [0, 0.05) is 26.5 Å². The van der Waals surface area contributed by atoms with E-state index < -0.39 is 5.91 Å². The first-order valence-corrected chi connectivity index (χ1v) is 10.7. The largest absolute Gasteiger partial charge is 0.464 e. The number of amides is 2. The summed E-state index contributed by atoms with van der Waals surface area (Å²) in [6.07, 6.45) is 1.66. The van der Waals surface area contributed by atoms with Crippen LogP contribution in [0.1, 0.15) is 16.1 Å². The average Bonchev–Trinajstić information content (AvgIpc) is 3.36. The fourth-order valence-electron chi connectivity index (χ4n) is 3.59. The van der Waals surface area contributed by atoms with Crippen LogP contribution in [0.4, 0.5) is 11.4 Å². The molecule has 5 aromatic rings. The van der Waals surface area contributed by atoms with Gasteiger partial charge in [-0.15, -0.1) is 0 Å². The van der Waals surface area contributed by atoms with Crippen molar-refractivity contribution in [2.24, 2.45) is 0 Å². The van der Waals surface area contributed by atoms with E-state index in [4.69, 9.17) is 8.83 Å². The van der Waals surface area contributed by atoms with Gasteiger partial charge in [-0.3, -0.25) is 9.59 Å². The lowest BCUT2D eigenvalue weighted by Gasteiger charge is -2.07. The first-order valence-electron chi connectivity index (χ1n) is 9.92. The highest BCUT2D eigenvalue weighted by atomic mass is 79.9. The Kier molecular flexibility index (Phi) is 5.25. The number of halogens is 1. The molecule has 6 nitrogen and oxygen atoms in total. The summed E-state index contributed by atoms with van der Waals surface area (Å²) in [7, 11) is 0. The van der Waals surface area contributed by atoms with Crippen LogP contribution < -0.4 is 10.6 Å². The first-order chi connectivity index (χ1) is 15.6. The molecule has 5 rings (SSSR count). The summed E-state index contributed by atoms with van der Waals surface area (Å²) in [4.78, 5) is 25.9. The third kappa shape index (κ3) is 3.90. The van der Waals surface area contributed by atoms with Crippen molar-refractivity contribution in [2.45, 2.75) is 6.42 Å². The quantitative estimate of drug-likeness (QED) is 0.300. The lowest BCUT2D eigenvalue weighted by Crippen LogP contribution is -2.18. The van der Waals surface area contributed by atoms with Gasteiger partial charge in [0.05, 0.1) is 12.7 Å². The Labute approximate surface area is 191 Å². The summed E-state index contributed by atoms with van der Waals surface area (Å²) in [5.41, 5.74) is 2.94. The minimum atomic E-state index is -0.444. The highest BCUT2D eigenvalue weighted by Gasteiger charge is 2.23. The molecule has 0 aliphatic rings. The highest BCUT2D eigenvalue weighted by molar-refractivity contribution is 9.10. The molecule has 0 unspecified atom stereocenters. The van der Waals surface area contributed by atoms with Crippen molar-refractivity contribution in [2.75, 3.05) is 10.6 Å². The van der Waals surface area contributed by atoms with Crippen molar-refractivity contribution in [3.8, 4) is 0 Å². The standard InChI is InChI=1S/C25H17BrN2O4/c26-16-10-11-20-19(13-16)15(14-31-20)12-22(29)28-23-18-8-4-5-9-21(18)32-24(23)25(30)27-17-6-2-1-3-7-17/h1-11,13-14H,12H2,(H,27,30)(H,28,29). The average molecular weight is 489 g/mol. The zero-order chi connectivity index (χ0) is 22.1. The number of benzene rings is 3. The van der Waals surface area contributed by atoms with Crippen LogP contribution in [0.15, 0.2) is 92.4 Å². The molecule has 0 aliphatic carbocycles. The number of rotatable bonds is 5. The molecule has 0 bridgehead atoms. The number of anilines is 2. The molecule has 7 heteroatoms. The van der Waals surface area contributed by atoms with Crippen LogP contribution in [-0.2, 0) is 11.2 Å². The van der Waals surface area contributed by atoms with E-state index in [1.807, 2.05) is 48.5 Å². The molecule has 0 radical (unpaired) electrons. The zero-order valence-electron chi connectivity index (χ0n) is 16.7. The number of para-hydroxylation sites is 2. The molecule has 2 N–H and O–H groups in total. The Balaban J connectivity index is 1.45. The fourth-order valence-corrected chi connectivity index (χ4v) is 3.95. The van der Waals surface area contributed by atoms with E-state index in [9.17, 15) is 9.59 Å². The van der Waals surface area contributed by atoms with Crippen LogP contribution in [0.5, 0.6) is 0 Å². The van der Waals surface area contributed by atoms with Gasteiger partial charge in [-0.25, -0.2) is 0 Å². The van der Waals surface area contributed by atoms with Gasteiger partial charge in [0.1, 0.15) is 16.9 Å². The molecule has 2 aromatic heterocycles. The second-order valence-electron chi connectivity index (χ2n) is 7.25. The van der Waals surface area contributed by atoms with E-state index in [0.717, 1.165) is 15.4 Å². The lowest BCUT2D eigenvalue weighted by molar-refractivity contribution is -0.115. The van der Waals surface area contributed by atoms with E-state index in [2.05, 4.69) is 26.6 Å². The minimum Gasteiger partial charge on any atom is -0.464 e. The molecule has 0 spiro atoms. The summed E-state index contributed by atoms with van der Waals surface area (Å²) in [5.74, 6) is -0.684. The number of nitrogens with one attached hydrogen (secondary N) is 2. The molecular formula is C25H17BrN2O4. The lowest BCUT2D eigenvalue weighted by atomic mass is 10.1. The van der Waals surface area contributed by atoms with Gasteiger partial charge in [0.2, 0.25) is 11.7 Å². The number of fused-ring (bicyclic) bond motifs is 2. The Morgan fingerprint density at radius 3 is 2.47 bits per heavy atom. The number of furan rings is 2. The van der Waals surface area contributed by atoms with Crippen LogP contribution in [0.3, 0.4) is 0 Å². The molecular weight excluding hydrogens is 472 g/mol. The second kappa shape index (κ2) is 8.36. The van der Waals surface area contributed by atoms with E-state index >= 15 is 0 Å². The first kappa shape index (κ1) is 20.1. The Hall–Kier alpha value is -3.84. The molecule has 158 valence electrons. The summed E-state index contributed by atoms with van der Waals surface area (Å²) in [5, 5.41) is 7.18. The molecule has 0 fully saturated rings. The third-order valence-corrected chi connectivity index (χ3v) is 5.56. The third-order valence-electron chi connectivity index (χ3n) is 5.06. The number of carbonyl (C=O) groups excluding carboxylic acids is 2. The van der Waals surface area contributed by atoms with E-state index in [1.54, 1.807) is 30.5 Å². The van der Waals surface area contributed by atoms with Gasteiger partial charge < -0.3 is 19.5 Å². The van der Waals surface area contributed by atoms with Crippen molar-refractivity contribution in [1.29, 1.82) is 0 Å². The summed E-state index contributed by atoms with van der Waals surface area (Å²) < 4.78 is 12.3. The molecule has 2 heterocycles. The van der Waals surface area contributed by atoms with Gasteiger partial charge in [0.25, 0.3) is 5.91 Å². The number of hydrogen-bond acceptors (Lipinski definition) is 4. The maximum atomic E-state index is 12.9. The molecule has 0 aliphatic heterocycles. The Morgan fingerprint density at radius 1 is 0.844 bits per heavy atom. The number of hydrogen-bond donors (Lipinski definition) is 2. The van der Waals surface area contributed by atoms with Gasteiger partial charge in [0.15, 0.2) is 0 Å². The SMILES string of the molecule is O=C(Cc1coc2ccc(Br)cc12)Nc1c(C(=O)Nc2ccccc2)oc2ccccc12. The Morgan fingerprint density at radius 2 is 1.62 bits per heavy atom. The topological polar surface area (TPSA) is 84.5 Å². The molecule has 32 heavy (non-hydrogen) atoms. The summed E-state index contributed by atoms with van der Waals surface area (Å²) in [6.45, 7) is 0. The van der Waals surface area contributed by atoms with Crippen molar-refractivity contribution in [3.05, 3.63) is 94.9 Å². The van der Waals surface area contributed by atoms with Gasteiger partial charge in [-0.05, 0) is 42.5 Å². The summed E-state index contributed by atoms with van der Waals surface area (Å²) >= 11 is 3.45. The van der Waals surface area contributed by atoms with Crippen LogP contribution in [0, 0.1) is 0 Å². The monoisotopic (exact) mass is 488 g/mol. The molecule has 0 saturated carbocycles. The second-order valence-corrected chi connectivity index (χ2v) is 8.16. The van der Waals surface area contributed by atoms with Gasteiger partial charge in [-0.1, -0.05) is 46.3 Å². The van der Waals surface area contributed by atoms with Gasteiger partial charge in [-0.2, -0.15) is 0 Å². The molecule has 0 saturated heterocycles. The maximum absolute atomic E-state index is 12.9. The normalized spacial score (nSPS) is 11.0. The Bertz CT molecular complexity index is 1450. The summed E-state index contributed by atoms with van der Waals surface area (Å²) in [6, 6.07) is 21.9. The van der Waals surface area contributed by atoms with E-state index in [1.165, 1.54) is 0 Å². The molecule has 3 aromatic carbocycles. The van der Waals surface area contributed by atoms with Crippen molar-refractivity contribution < 1.29 is 18.4 Å². The number of carbonyl (C=O) groups is 2. The predicted molar refractivity (Wildman–Crippen MR) is 127 cm³/mol. The van der Waals surface area contributed by atoms with Crippen LogP contribution in [0.25, 0.3) is 21.9 Å². The van der Waals surface area contributed by atoms with Crippen LogP contribution >= 0.6 is 15.9 Å². The smallest absolute Gasteiger partial charge is 0.293 e. The molecule has 0 atom stereocenters. The van der Waals surface area contributed by atoms with Crippen LogP contribution in [0.2, 0.25) is 0 Å².